The first-order valence-electron chi connectivity index (χ1n) is 44.4. The van der Waals surface area contributed by atoms with Crippen molar-refractivity contribution >= 4 is 137 Å². The number of ether oxygens (including phenoxy) is 3. The number of amides is 10. The van der Waals surface area contributed by atoms with Gasteiger partial charge in [-0.2, -0.15) is 19.6 Å². The van der Waals surface area contributed by atoms with Gasteiger partial charge in [-0.3, -0.25) is 71.7 Å². The maximum atomic E-state index is 14.3. The van der Waals surface area contributed by atoms with Gasteiger partial charge in [-0.05, 0) is 189 Å². The molecule has 0 aliphatic heterocycles. The van der Waals surface area contributed by atoms with Crippen LogP contribution in [0.5, 0.6) is 11.5 Å². The number of carboxylic acids is 4. The molecule has 0 fully saturated rings. The smallest absolute Gasteiger partial charge is 0.407 e. The van der Waals surface area contributed by atoms with Crippen LogP contribution < -0.4 is 82.7 Å². The minimum absolute atomic E-state index is 0.0242. The molecule has 0 aliphatic rings. The Morgan fingerprint density at radius 3 is 1.23 bits per heavy atom. The van der Waals surface area contributed by atoms with Gasteiger partial charge in [0.1, 0.15) is 47.3 Å². The Morgan fingerprint density at radius 2 is 0.825 bits per heavy atom. The fraction of sp³-hybridized carbons (Fsp3) is 0.477. The molecule has 1 unspecified atom stereocenters. The fourth-order valence-electron chi connectivity index (χ4n) is 14.2. The van der Waals surface area contributed by atoms with Crippen LogP contribution in [0.25, 0.3) is 21.8 Å². The molecule has 0 aliphatic carbocycles. The number of nitrogens with one attached hydrogen (secondary N) is 16. The summed E-state index contributed by atoms with van der Waals surface area (Å²) in [6, 6.07) is 6.82. The van der Waals surface area contributed by atoms with Crippen LogP contribution >= 0.6 is 0 Å². The molecule has 8 rings (SSSR count). The lowest BCUT2D eigenvalue weighted by molar-refractivity contribution is -0.140. The predicted octanol–water partition coefficient (Wildman–Crippen LogP) is 2.93. The van der Waals surface area contributed by atoms with Gasteiger partial charge in [-0.15, -0.1) is 0 Å². The number of H-pyrrole nitrogens is 2. The molecule has 0 spiro atoms. The van der Waals surface area contributed by atoms with Crippen molar-refractivity contribution < 1.29 is 119 Å². The number of aryl methyl sites for hydroxylation is 6. The van der Waals surface area contributed by atoms with Crippen molar-refractivity contribution in [3.8, 4) is 11.5 Å². The highest BCUT2D eigenvalue weighted by Crippen LogP contribution is 2.29. The number of fused-ring (bicyclic) bond motifs is 2. The van der Waals surface area contributed by atoms with Crippen LogP contribution in [0.4, 0.5) is 16.7 Å². The van der Waals surface area contributed by atoms with Crippen molar-refractivity contribution in [3.63, 3.8) is 0 Å². The largest absolute Gasteiger partial charge is 0.494 e. The Bertz CT molecular complexity index is 5720. The molecule has 4 aromatic carbocycles. The molecule has 4 aromatic heterocycles. The summed E-state index contributed by atoms with van der Waals surface area (Å²) in [5.74, 6) is -10.9. The Labute approximate surface area is 789 Å². The van der Waals surface area contributed by atoms with Crippen molar-refractivity contribution in [1.29, 1.82) is 0 Å². The summed E-state index contributed by atoms with van der Waals surface area (Å²) >= 11 is 0. The second-order valence-corrected chi connectivity index (χ2v) is 36.4. The first kappa shape index (κ1) is 108. The number of carboxylic acid groups (broad SMARTS) is 4. The van der Waals surface area contributed by atoms with E-state index in [1.165, 1.54) is 52.0 Å². The molecule has 10 amide bonds. The van der Waals surface area contributed by atoms with Gasteiger partial charge < -0.3 is 108 Å². The highest BCUT2D eigenvalue weighted by molar-refractivity contribution is 7.90. The third-order valence-electron chi connectivity index (χ3n) is 20.8. The third kappa shape index (κ3) is 36.4. The van der Waals surface area contributed by atoms with Crippen molar-refractivity contribution in [1.82, 2.24) is 102 Å². The number of anilines is 2. The van der Waals surface area contributed by atoms with Crippen molar-refractivity contribution in [2.45, 2.75) is 210 Å². The van der Waals surface area contributed by atoms with Gasteiger partial charge in [-0.25, -0.2) is 31.6 Å². The summed E-state index contributed by atoms with van der Waals surface area (Å²) in [5, 5.41) is 81.2. The molecule has 47 nitrogen and oxygen atoms in total. The standard InChI is InChI=1S/C88H120N22O25S2/c1-53-43-61(44-54(2)76(53)136(129,130)107-66(83(124)125)51-100-78(119)57-18-23-68-59(47-57)49-102-109(68)39-13-29-93-85-95-35-36-96-85)133-41-11-16-70(111)89-31-32-91-72(113)25-20-63(105-82(123)65(22-27-75(117)118)106-81(122)64(21-26-74(115)116)104-73(114)15-9-8-10-28-99-87(128)135-88(5,6)7)80(121)92-34-33-90-71(112)17-12-42-134-62-45-55(3)77(56(4)46-62)137(131,132)108-67(84(126)127)52-101-79(120)58-19-24-69-60(48-58)50-103-110(69)40-14-30-94-86-97-37-38-98-86/h18-19,23-24,35-38,43-50,63-67,107-108H,8-17,20-22,25-34,39-42,51-52H2,1-7H3,(H,89,111)(H,90,112)(H,91,113)(H,92,121)(H,99,128)(H,100,119)(H,101,120)(H,104,114)(H,105,123)(H,106,122)(H,115,116)(H,117,118)(H,124,125)(H,126,127)(H2,93,95,96)(H2,94,97,98)/t63?,64-,65+,66+,67-/m1/s1. The Hall–Kier alpha value is -14.4. The van der Waals surface area contributed by atoms with E-state index < -0.39 is 191 Å². The van der Waals surface area contributed by atoms with Crippen LogP contribution in [0, 0.1) is 27.7 Å². The van der Waals surface area contributed by atoms with E-state index in [9.17, 15) is 104 Å². The number of imidazole rings is 2. The lowest BCUT2D eigenvalue weighted by atomic mass is 10.1. The number of carbonyl (C=O) groups is 14. The van der Waals surface area contributed by atoms with E-state index in [-0.39, 0.29) is 139 Å². The summed E-state index contributed by atoms with van der Waals surface area (Å²) in [6.07, 6.45) is 8.37. The molecule has 20 N–H and O–H groups in total. The quantitative estimate of drug-likeness (QED) is 0.0244. The summed E-state index contributed by atoms with van der Waals surface area (Å²) in [6.45, 7) is 11.5. The number of aromatic amines is 2. The molecule has 0 radical (unpaired) electrons. The Morgan fingerprint density at radius 1 is 0.423 bits per heavy atom. The minimum atomic E-state index is -4.55. The van der Waals surface area contributed by atoms with Gasteiger partial charge >= 0.3 is 30.0 Å². The fourth-order valence-corrected chi connectivity index (χ4v) is 17.5. The van der Waals surface area contributed by atoms with Gasteiger partial charge in [0, 0.05) is 157 Å². The predicted molar refractivity (Wildman–Crippen MR) is 496 cm³/mol. The normalized spacial score (nSPS) is 12.6. The average Bonchev–Trinajstić information content (AvgIpc) is 1.79. The number of hydrogen-bond donors (Lipinski definition) is 20. The maximum absolute atomic E-state index is 14.3. The molecule has 5 atom stereocenters. The molecule has 0 bridgehead atoms. The number of nitrogens with zero attached hydrogens (tertiary/aromatic N) is 6. The number of sulfonamides is 2. The summed E-state index contributed by atoms with van der Waals surface area (Å²) in [4.78, 5) is 196. The average molecular weight is 1950 g/mol. The van der Waals surface area contributed by atoms with Gasteiger partial charge in [0.25, 0.3) is 11.8 Å². The van der Waals surface area contributed by atoms with Crippen LogP contribution in [0.1, 0.15) is 166 Å². The number of aliphatic carboxylic acids is 4. The highest BCUT2D eigenvalue weighted by atomic mass is 32.2. The van der Waals surface area contributed by atoms with E-state index in [1.54, 1.807) is 104 Å². The van der Waals surface area contributed by atoms with Crippen molar-refractivity contribution in [2.75, 3.05) is 82.8 Å². The van der Waals surface area contributed by atoms with Crippen LogP contribution in [0.2, 0.25) is 0 Å². The highest BCUT2D eigenvalue weighted by Gasteiger charge is 2.35. The number of alkyl carbamates (subject to hydrolysis) is 1. The zero-order valence-corrected chi connectivity index (χ0v) is 78.6. The molecular formula is C88H120N22O25S2. The van der Waals surface area contributed by atoms with E-state index in [0.717, 1.165) is 11.0 Å². The van der Waals surface area contributed by atoms with Crippen LogP contribution in [-0.4, -0.2) is 268 Å². The monoisotopic (exact) mass is 1950 g/mol. The molecular weight excluding hydrogens is 1830 g/mol. The SMILES string of the molecule is Cc1cc(OCCCC(=O)NCCNC(=O)CCC(NC(=O)[C@H](CCC(=O)O)NC(=O)[C@@H](CCC(=O)O)NC(=O)CCCCCNC(=O)OC(C)(C)C)C(=O)NCCNC(=O)CCCOc2cc(C)c(S(=O)(=O)N[C@H](CNC(=O)c3ccc4c(cnn4CCCNc4ncc[nH]4)c3)C(=O)O)c(C)c2)cc(C)c1S(=O)(=O)N[C@@H](CNC(=O)c1ccc2c(cnn2CCCNc2ncc[nH]2)c1)C(=O)O. The summed E-state index contributed by atoms with van der Waals surface area (Å²) in [7, 11) is -9.07. The number of benzene rings is 4. The van der Waals surface area contributed by atoms with Crippen LogP contribution in [-0.2, 0) is 90.6 Å². The summed E-state index contributed by atoms with van der Waals surface area (Å²) < 4.78 is 80.2. The number of aromatic nitrogens is 8. The van der Waals surface area contributed by atoms with Crippen LogP contribution in [0.3, 0.4) is 0 Å². The first-order valence-corrected chi connectivity index (χ1v) is 47.4. The van der Waals surface area contributed by atoms with E-state index in [1.807, 2.05) is 0 Å². The number of carbonyl (C=O) groups excluding carboxylic acids is 10. The molecule has 744 valence electrons. The van der Waals surface area contributed by atoms with Crippen molar-refractivity contribution in [2.24, 2.45) is 0 Å². The topological polar surface area (TPSA) is 677 Å². The molecule has 4 heterocycles. The van der Waals surface area contributed by atoms with Gasteiger partial charge in [0.05, 0.1) is 46.4 Å². The molecule has 8 aromatic rings. The molecule has 0 saturated heterocycles. The van der Waals surface area contributed by atoms with E-state index in [2.05, 4.69) is 103 Å². The maximum Gasteiger partial charge on any atom is 0.407 e. The summed E-state index contributed by atoms with van der Waals surface area (Å²) in [5.41, 5.74) is 1.88. The van der Waals surface area contributed by atoms with Gasteiger partial charge in [0.15, 0.2) is 11.9 Å². The molecule has 49 heteroatoms. The van der Waals surface area contributed by atoms with E-state index in [4.69, 9.17) is 14.2 Å². The van der Waals surface area contributed by atoms with Gasteiger partial charge in [-0.1, -0.05) is 6.42 Å². The minimum Gasteiger partial charge on any atom is -0.494 e. The van der Waals surface area contributed by atoms with Crippen LogP contribution in [0.15, 0.2) is 108 Å². The lowest BCUT2D eigenvalue weighted by Gasteiger charge is -2.25. The molecule has 137 heavy (non-hydrogen) atoms. The Balaban J connectivity index is 0.798. The third-order valence-corrected chi connectivity index (χ3v) is 24.3. The number of rotatable bonds is 61. The zero-order chi connectivity index (χ0) is 99.9. The second kappa shape index (κ2) is 53.1. The zero-order valence-electron chi connectivity index (χ0n) is 77.0. The van der Waals surface area contributed by atoms with E-state index in [0.29, 0.717) is 74.5 Å². The van der Waals surface area contributed by atoms with E-state index >= 15 is 0 Å². The van der Waals surface area contributed by atoms with Gasteiger partial charge in [0.2, 0.25) is 61.4 Å². The Kier molecular flexibility index (Phi) is 41.8. The lowest BCUT2D eigenvalue weighted by Crippen LogP contribution is -2.57. The number of unbranched alkanes of at least 4 members (excludes halogenated alkanes) is 2. The number of hydrogen-bond acceptors (Lipinski definition) is 27. The second-order valence-electron chi connectivity index (χ2n) is 33.1. The van der Waals surface area contributed by atoms with Crippen molar-refractivity contribution in [3.05, 3.63) is 131 Å². The first-order chi connectivity index (χ1) is 65.1. The molecule has 0 saturated carbocycles.